The highest BCUT2D eigenvalue weighted by atomic mass is 32.2. The first-order valence-corrected chi connectivity index (χ1v) is 8.47. The van der Waals surface area contributed by atoms with Crippen molar-refractivity contribution in [2.45, 2.75) is 11.4 Å². The number of hydrogen-bond acceptors (Lipinski definition) is 5. The van der Waals surface area contributed by atoms with E-state index < -0.39 is 6.04 Å². The fourth-order valence-corrected chi connectivity index (χ4v) is 4.61. The lowest BCUT2D eigenvalue weighted by molar-refractivity contribution is -0.131. The third-order valence-electron chi connectivity index (χ3n) is 4.27. The molecule has 2 saturated heterocycles. The van der Waals surface area contributed by atoms with Crippen molar-refractivity contribution in [2.24, 2.45) is 0 Å². The molecule has 1 aromatic carbocycles. The van der Waals surface area contributed by atoms with Crippen molar-refractivity contribution in [3.63, 3.8) is 0 Å². The number of hydrazine groups is 1. The Labute approximate surface area is 132 Å². The van der Waals surface area contributed by atoms with Crippen molar-refractivity contribution in [1.29, 1.82) is 0 Å². The molecule has 2 fully saturated rings. The van der Waals surface area contributed by atoms with Crippen molar-refractivity contribution in [3.8, 4) is 0 Å². The van der Waals surface area contributed by atoms with Crippen LogP contribution < -0.4 is 5.43 Å². The fraction of sp³-hybridized carbons (Fsp3) is 0.467. The summed E-state index contributed by atoms with van der Waals surface area (Å²) < 4.78 is 5.27. The Morgan fingerprint density at radius 2 is 2.05 bits per heavy atom. The first-order valence-electron chi connectivity index (χ1n) is 7.42. The summed E-state index contributed by atoms with van der Waals surface area (Å²) in [4.78, 5) is 26.9. The molecule has 0 aliphatic carbocycles. The number of amides is 2. The van der Waals surface area contributed by atoms with E-state index in [1.807, 2.05) is 29.3 Å². The first kappa shape index (κ1) is 14.0. The molecule has 0 radical (unpaired) electrons. The van der Waals surface area contributed by atoms with Crippen molar-refractivity contribution in [1.82, 2.24) is 15.3 Å². The smallest absolute Gasteiger partial charge is 0.257 e. The summed E-state index contributed by atoms with van der Waals surface area (Å²) in [5.74, 6) is 0.506. The summed E-state index contributed by atoms with van der Waals surface area (Å²) in [5, 5.41) is 1.85. The topological polar surface area (TPSA) is 61.9 Å². The highest BCUT2D eigenvalue weighted by Gasteiger charge is 2.48. The number of nitrogens with one attached hydrogen (secondary N) is 1. The Morgan fingerprint density at radius 1 is 1.27 bits per heavy atom. The molecule has 2 atom stereocenters. The number of rotatable bonds is 2. The van der Waals surface area contributed by atoms with E-state index in [-0.39, 0.29) is 17.2 Å². The van der Waals surface area contributed by atoms with E-state index in [2.05, 4.69) is 5.43 Å². The molecule has 7 heteroatoms. The molecular weight excluding hydrogens is 302 g/mol. The number of carbonyl (C=O) groups is 2. The number of benzene rings is 1. The molecule has 2 amide bonds. The van der Waals surface area contributed by atoms with Crippen LogP contribution in [0.25, 0.3) is 0 Å². The lowest BCUT2D eigenvalue weighted by Gasteiger charge is -2.30. The molecule has 0 bridgehead atoms. The summed E-state index contributed by atoms with van der Waals surface area (Å²) >= 11 is 1.66. The average Bonchev–Trinajstić information content (AvgIpc) is 3.10. The van der Waals surface area contributed by atoms with Gasteiger partial charge in [0.15, 0.2) is 0 Å². The van der Waals surface area contributed by atoms with Gasteiger partial charge in [0.05, 0.1) is 13.2 Å². The molecule has 1 N–H and O–H groups in total. The van der Waals surface area contributed by atoms with Gasteiger partial charge >= 0.3 is 0 Å². The van der Waals surface area contributed by atoms with E-state index in [0.717, 1.165) is 11.1 Å². The summed E-state index contributed by atoms with van der Waals surface area (Å²) in [7, 11) is 0. The largest absolute Gasteiger partial charge is 0.379 e. The normalized spacial score (nSPS) is 27.6. The van der Waals surface area contributed by atoms with E-state index in [9.17, 15) is 9.59 Å². The summed E-state index contributed by atoms with van der Waals surface area (Å²) in [6, 6.07) is 7.22. The zero-order valence-electron chi connectivity index (χ0n) is 12.0. The zero-order valence-corrected chi connectivity index (χ0v) is 12.8. The van der Waals surface area contributed by atoms with Crippen molar-refractivity contribution in [3.05, 3.63) is 35.4 Å². The number of ether oxygens (including phenoxy) is 1. The van der Waals surface area contributed by atoms with E-state index in [1.165, 1.54) is 0 Å². The Bertz CT molecular complexity index is 618. The third-order valence-corrected chi connectivity index (χ3v) is 5.58. The van der Waals surface area contributed by atoms with Crippen LogP contribution in [0.3, 0.4) is 0 Å². The standard InChI is InChI=1S/C15H17N3O3S/c19-13(16-17-5-7-21-8-6-17)12-9-22-15-11-4-2-1-3-10(11)14(20)18(12)15/h1-4,12,15H,5-9H2,(H,16,19). The molecule has 3 heterocycles. The highest BCUT2D eigenvalue weighted by Crippen LogP contribution is 2.47. The van der Waals surface area contributed by atoms with Crippen LogP contribution in [0.15, 0.2) is 24.3 Å². The van der Waals surface area contributed by atoms with Crippen LogP contribution in [0.1, 0.15) is 21.3 Å². The number of nitrogens with zero attached hydrogens (tertiary/aromatic N) is 2. The second kappa shape index (κ2) is 5.57. The van der Waals surface area contributed by atoms with Crippen LogP contribution in [-0.4, -0.2) is 59.8 Å². The predicted molar refractivity (Wildman–Crippen MR) is 82.1 cm³/mol. The van der Waals surface area contributed by atoms with Crippen molar-refractivity contribution in [2.75, 3.05) is 32.1 Å². The van der Waals surface area contributed by atoms with Gasteiger partial charge in [-0.3, -0.25) is 15.0 Å². The fourth-order valence-electron chi connectivity index (χ4n) is 3.15. The van der Waals surface area contributed by atoms with Gasteiger partial charge in [0.2, 0.25) is 0 Å². The Kier molecular flexibility index (Phi) is 3.56. The van der Waals surface area contributed by atoms with Crippen LogP contribution in [0.5, 0.6) is 0 Å². The van der Waals surface area contributed by atoms with E-state index in [4.69, 9.17) is 4.74 Å². The summed E-state index contributed by atoms with van der Waals surface area (Å²) in [6.45, 7) is 2.61. The Balaban J connectivity index is 1.51. The maximum Gasteiger partial charge on any atom is 0.257 e. The van der Waals surface area contributed by atoms with E-state index in [0.29, 0.717) is 32.1 Å². The van der Waals surface area contributed by atoms with Gasteiger partial charge in [-0.1, -0.05) is 18.2 Å². The maximum absolute atomic E-state index is 12.6. The Morgan fingerprint density at radius 3 is 2.86 bits per heavy atom. The van der Waals surface area contributed by atoms with Gasteiger partial charge < -0.3 is 9.64 Å². The molecule has 3 aliphatic rings. The molecule has 0 saturated carbocycles. The summed E-state index contributed by atoms with van der Waals surface area (Å²) in [6.07, 6.45) is 0. The van der Waals surface area contributed by atoms with Crippen LogP contribution in [0.4, 0.5) is 0 Å². The van der Waals surface area contributed by atoms with Gasteiger partial charge in [-0.25, -0.2) is 5.01 Å². The average molecular weight is 319 g/mol. The second-order valence-electron chi connectivity index (χ2n) is 5.58. The van der Waals surface area contributed by atoms with Crippen molar-refractivity contribution < 1.29 is 14.3 Å². The molecule has 22 heavy (non-hydrogen) atoms. The number of hydrogen-bond donors (Lipinski definition) is 1. The minimum atomic E-state index is -0.405. The monoisotopic (exact) mass is 319 g/mol. The molecule has 4 rings (SSSR count). The molecule has 1 aromatic rings. The van der Waals surface area contributed by atoms with Gasteiger partial charge in [-0.2, -0.15) is 0 Å². The molecule has 0 aromatic heterocycles. The third kappa shape index (κ3) is 2.20. The zero-order chi connectivity index (χ0) is 15.1. The first-order chi connectivity index (χ1) is 10.8. The minimum absolute atomic E-state index is 0.0239. The number of fused-ring (bicyclic) bond motifs is 3. The lowest BCUT2D eigenvalue weighted by atomic mass is 10.1. The maximum atomic E-state index is 12.6. The van der Waals surface area contributed by atoms with Gasteiger partial charge in [-0.05, 0) is 11.6 Å². The quantitative estimate of drug-likeness (QED) is 0.866. The number of thioether (sulfide) groups is 1. The Hall–Kier alpha value is -1.57. The van der Waals surface area contributed by atoms with Crippen molar-refractivity contribution >= 4 is 23.6 Å². The van der Waals surface area contributed by atoms with Crippen LogP contribution in [0.2, 0.25) is 0 Å². The minimum Gasteiger partial charge on any atom is -0.379 e. The van der Waals surface area contributed by atoms with Gasteiger partial charge in [0, 0.05) is 24.4 Å². The number of carbonyl (C=O) groups excluding carboxylic acids is 2. The van der Waals surface area contributed by atoms with Crippen LogP contribution in [-0.2, 0) is 9.53 Å². The molecule has 116 valence electrons. The lowest BCUT2D eigenvalue weighted by Crippen LogP contribution is -2.54. The number of morpholine rings is 1. The van der Waals surface area contributed by atoms with E-state index in [1.54, 1.807) is 16.7 Å². The molecule has 2 unspecified atom stereocenters. The van der Waals surface area contributed by atoms with Crippen LogP contribution in [0, 0.1) is 0 Å². The highest BCUT2D eigenvalue weighted by molar-refractivity contribution is 7.99. The second-order valence-corrected chi connectivity index (χ2v) is 6.69. The van der Waals surface area contributed by atoms with Gasteiger partial charge in [0.25, 0.3) is 11.8 Å². The SMILES string of the molecule is O=C(NN1CCOCC1)C1CSC2c3ccccc3C(=O)N12. The van der Waals surface area contributed by atoms with Gasteiger partial charge in [-0.15, -0.1) is 11.8 Å². The molecule has 0 spiro atoms. The molecule has 6 nitrogen and oxygen atoms in total. The van der Waals surface area contributed by atoms with E-state index >= 15 is 0 Å². The van der Waals surface area contributed by atoms with Gasteiger partial charge in [0.1, 0.15) is 11.4 Å². The predicted octanol–water partition coefficient (Wildman–Crippen LogP) is 0.620. The molecular formula is C15H17N3O3S. The van der Waals surface area contributed by atoms with Crippen LogP contribution >= 0.6 is 11.8 Å². The molecule has 3 aliphatic heterocycles. The summed E-state index contributed by atoms with van der Waals surface area (Å²) in [5.41, 5.74) is 4.68.